The topological polar surface area (TPSA) is 41.5 Å². The van der Waals surface area contributed by atoms with Crippen molar-refractivity contribution < 1.29 is 9.84 Å². The first-order valence-corrected chi connectivity index (χ1v) is 8.03. The molecular weight excluding hydrogens is 274 g/mol. The summed E-state index contributed by atoms with van der Waals surface area (Å²) in [7, 11) is 0. The van der Waals surface area contributed by atoms with Crippen molar-refractivity contribution in [1.82, 2.24) is 5.32 Å². The van der Waals surface area contributed by atoms with E-state index in [0.29, 0.717) is 12.1 Å². The highest BCUT2D eigenvalue weighted by Gasteiger charge is 2.43. The molecule has 2 fully saturated rings. The zero-order chi connectivity index (χ0) is 15.0. The van der Waals surface area contributed by atoms with E-state index in [2.05, 4.69) is 5.32 Å². The number of aliphatic hydroxyl groups is 1. The third-order valence-electron chi connectivity index (χ3n) is 4.87. The van der Waals surface area contributed by atoms with Crippen LogP contribution in [0.3, 0.4) is 0 Å². The average molecular weight is 295 g/mol. The number of nitrogens with one attached hydrogen (secondary N) is 1. The van der Waals surface area contributed by atoms with Crippen molar-refractivity contribution in [1.29, 1.82) is 0 Å². The summed E-state index contributed by atoms with van der Waals surface area (Å²) in [6.45, 7) is 0. The second-order valence-electron chi connectivity index (χ2n) is 6.52. The van der Waals surface area contributed by atoms with Gasteiger partial charge in [0.1, 0.15) is 11.5 Å². The molecule has 2 atom stereocenters. The van der Waals surface area contributed by atoms with E-state index >= 15 is 0 Å². The number of fused-ring (bicyclic) bond motifs is 2. The highest BCUT2D eigenvalue weighted by molar-refractivity contribution is 5.35. The van der Waals surface area contributed by atoms with E-state index < -0.39 is 5.60 Å². The molecule has 2 aromatic carbocycles. The van der Waals surface area contributed by atoms with Crippen LogP contribution in [0.1, 0.15) is 31.2 Å². The third-order valence-corrected chi connectivity index (χ3v) is 4.87. The molecule has 2 aromatic rings. The summed E-state index contributed by atoms with van der Waals surface area (Å²) in [6.07, 6.45) is 3.98. The number of rotatable bonds is 3. The first kappa shape index (κ1) is 13.8. The molecule has 2 unspecified atom stereocenters. The van der Waals surface area contributed by atoms with Crippen LogP contribution in [0.25, 0.3) is 0 Å². The minimum absolute atomic E-state index is 0.462. The molecule has 0 amide bonds. The fraction of sp³-hybridized carbons (Fsp3) is 0.368. The van der Waals surface area contributed by atoms with Gasteiger partial charge in [-0.1, -0.05) is 30.3 Å². The van der Waals surface area contributed by atoms with Gasteiger partial charge in [0.15, 0.2) is 0 Å². The van der Waals surface area contributed by atoms with Gasteiger partial charge in [-0.25, -0.2) is 0 Å². The van der Waals surface area contributed by atoms with Crippen molar-refractivity contribution >= 4 is 0 Å². The summed E-state index contributed by atoms with van der Waals surface area (Å²) in [5, 5.41) is 14.6. The molecule has 2 aliphatic rings. The maximum absolute atomic E-state index is 11.0. The second-order valence-corrected chi connectivity index (χ2v) is 6.52. The molecule has 0 aliphatic carbocycles. The van der Waals surface area contributed by atoms with Crippen molar-refractivity contribution in [2.24, 2.45) is 0 Å². The Bertz CT molecular complexity index is 626. The van der Waals surface area contributed by atoms with Gasteiger partial charge in [-0.2, -0.15) is 0 Å². The molecule has 22 heavy (non-hydrogen) atoms. The Balaban J connectivity index is 1.52. The maximum Gasteiger partial charge on any atom is 0.127 e. The van der Waals surface area contributed by atoms with Crippen molar-refractivity contribution in [2.75, 3.05) is 0 Å². The van der Waals surface area contributed by atoms with Crippen LogP contribution < -0.4 is 10.1 Å². The van der Waals surface area contributed by atoms with Gasteiger partial charge in [0.2, 0.25) is 0 Å². The normalized spacial score (nSPS) is 30.2. The second kappa shape index (κ2) is 5.41. The lowest BCUT2D eigenvalue weighted by Gasteiger charge is -2.37. The molecule has 2 aliphatic heterocycles. The van der Waals surface area contributed by atoms with Gasteiger partial charge in [-0.05, 0) is 55.5 Å². The van der Waals surface area contributed by atoms with E-state index in [1.54, 1.807) is 0 Å². The quantitative estimate of drug-likeness (QED) is 0.909. The largest absolute Gasteiger partial charge is 0.457 e. The summed E-state index contributed by atoms with van der Waals surface area (Å²) in [4.78, 5) is 0. The maximum atomic E-state index is 11.0. The van der Waals surface area contributed by atoms with Crippen LogP contribution >= 0.6 is 0 Å². The molecule has 0 saturated carbocycles. The van der Waals surface area contributed by atoms with E-state index in [4.69, 9.17) is 4.74 Å². The van der Waals surface area contributed by atoms with Gasteiger partial charge >= 0.3 is 0 Å². The lowest BCUT2D eigenvalue weighted by molar-refractivity contribution is -0.0114. The molecular formula is C19H21NO2. The predicted octanol–water partition coefficient (Wildman–Crippen LogP) is 3.58. The lowest BCUT2D eigenvalue weighted by atomic mass is 9.81. The fourth-order valence-corrected chi connectivity index (χ4v) is 3.82. The number of benzene rings is 2. The monoisotopic (exact) mass is 295 g/mol. The Hall–Kier alpha value is -1.84. The van der Waals surface area contributed by atoms with Crippen LogP contribution in [0, 0.1) is 0 Å². The molecule has 2 saturated heterocycles. The molecule has 0 aromatic heterocycles. The minimum Gasteiger partial charge on any atom is -0.457 e. The first-order chi connectivity index (χ1) is 10.7. The zero-order valence-corrected chi connectivity index (χ0v) is 12.5. The number of hydrogen-bond acceptors (Lipinski definition) is 3. The van der Waals surface area contributed by atoms with Crippen molar-refractivity contribution in [3.63, 3.8) is 0 Å². The lowest BCUT2D eigenvalue weighted by Crippen LogP contribution is -2.46. The molecule has 2 N–H and O–H groups in total. The molecule has 2 bridgehead atoms. The molecule has 2 heterocycles. The third kappa shape index (κ3) is 2.62. The van der Waals surface area contributed by atoms with Gasteiger partial charge in [-0.3, -0.25) is 0 Å². The van der Waals surface area contributed by atoms with Crippen molar-refractivity contribution in [2.45, 2.75) is 43.4 Å². The van der Waals surface area contributed by atoms with Crippen LogP contribution in [0.2, 0.25) is 0 Å². The molecule has 3 heteroatoms. The number of ether oxygens (including phenoxy) is 1. The van der Waals surface area contributed by atoms with E-state index in [0.717, 1.165) is 29.9 Å². The number of piperidine rings is 1. The summed E-state index contributed by atoms with van der Waals surface area (Å²) < 4.78 is 5.81. The number of hydrogen-bond donors (Lipinski definition) is 2. The summed E-state index contributed by atoms with van der Waals surface area (Å²) in [5.74, 6) is 1.63. The average Bonchev–Trinajstić information content (AvgIpc) is 2.88. The van der Waals surface area contributed by atoms with Crippen LogP contribution in [0.15, 0.2) is 54.6 Å². The molecule has 3 nitrogen and oxygen atoms in total. The van der Waals surface area contributed by atoms with Crippen molar-refractivity contribution in [3.05, 3.63) is 60.2 Å². The highest BCUT2D eigenvalue weighted by atomic mass is 16.5. The molecule has 0 spiro atoms. The summed E-state index contributed by atoms with van der Waals surface area (Å²) in [6, 6.07) is 18.6. The first-order valence-electron chi connectivity index (χ1n) is 8.03. The van der Waals surface area contributed by atoms with Crippen molar-refractivity contribution in [3.8, 4) is 11.5 Å². The Kier molecular flexibility index (Phi) is 3.40. The minimum atomic E-state index is -0.692. The smallest absolute Gasteiger partial charge is 0.127 e. The fourth-order valence-electron chi connectivity index (χ4n) is 3.82. The van der Waals surface area contributed by atoms with Crippen LogP contribution in [-0.2, 0) is 5.60 Å². The Morgan fingerprint density at radius 2 is 1.45 bits per heavy atom. The van der Waals surface area contributed by atoms with Gasteiger partial charge in [0, 0.05) is 12.1 Å². The Labute approximate surface area is 130 Å². The standard InChI is InChI=1S/C19H21NO2/c21-19(12-15-8-9-16(13-19)20-15)14-6-10-18(11-7-14)22-17-4-2-1-3-5-17/h1-7,10-11,15-16,20-21H,8-9,12-13H2. The van der Waals surface area contributed by atoms with Gasteiger partial charge in [0.05, 0.1) is 5.60 Å². The van der Waals surface area contributed by atoms with Gasteiger partial charge in [0.25, 0.3) is 0 Å². The van der Waals surface area contributed by atoms with E-state index in [1.165, 1.54) is 12.8 Å². The molecule has 0 radical (unpaired) electrons. The molecule has 114 valence electrons. The van der Waals surface area contributed by atoms with Gasteiger partial charge in [-0.15, -0.1) is 0 Å². The highest BCUT2D eigenvalue weighted by Crippen LogP contribution is 2.41. The van der Waals surface area contributed by atoms with E-state index in [1.807, 2.05) is 54.6 Å². The predicted molar refractivity (Wildman–Crippen MR) is 86.0 cm³/mol. The SMILES string of the molecule is OC1(c2ccc(Oc3ccccc3)cc2)CC2CCC(C1)N2. The Morgan fingerprint density at radius 3 is 2.09 bits per heavy atom. The van der Waals surface area contributed by atoms with Gasteiger partial charge < -0.3 is 15.2 Å². The zero-order valence-electron chi connectivity index (χ0n) is 12.5. The van der Waals surface area contributed by atoms with Crippen LogP contribution in [-0.4, -0.2) is 17.2 Å². The Morgan fingerprint density at radius 1 is 0.864 bits per heavy atom. The van der Waals surface area contributed by atoms with Crippen LogP contribution in [0.5, 0.6) is 11.5 Å². The van der Waals surface area contributed by atoms with E-state index in [9.17, 15) is 5.11 Å². The summed E-state index contributed by atoms with van der Waals surface area (Å²) >= 11 is 0. The van der Waals surface area contributed by atoms with Crippen LogP contribution in [0.4, 0.5) is 0 Å². The molecule has 4 rings (SSSR count). The number of para-hydroxylation sites is 1. The van der Waals surface area contributed by atoms with E-state index in [-0.39, 0.29) is 0 Å². The summed E-state index contributed by atoms with van der Waals surface area (Å²) in [5.41, 5.74) is 0.314.